The number of anilines is 1. The van der Waals surface area contributed by atoms with Crippen molar-refractivity contribution in [1.82, 2.24) is 0 Å². The molecule has 164 valence electrons. The first-order valence-electron chi connectivity index (χ1n) is 10.2. The van der Waals surface area contributed by atoms with Gasteiger partial charge in [-0.3, -0.25) is 24.6 Å². The molecular formula is C25H18N2O6. The van der Waals surface area contributed by atoms with Crippen LogP contribution in [0.25, 0.3) is 11.0 Å². The average Bonchev–Trinajstić information content (AvgIpc) is 3.12. The van der Waals surface area contributed by atoms with Gasteiger partial charge in [0.1, 0.15) is 11.3 Å². The monoisotopic (exact) mass is 442 g/mol. The van der Waals surface area contributed by atoms with E-state index in [1.165, 1.54) is 17.0 Å². The Kier molecular flexibility index (Phi) is 4.70. The van der Waals surface area contributed by atoms with Crippen molar-refractivity contribution < 1.29 is 18.9 Å². The minimum Gasteiger partial charge on any atom is -0.497 e. The van der Waals surface area contributed by atoms with E-state index in [0.717, 1.165) is 5.56 Å². The van der Waals surface area contributed by atoms with Gasteiger partial charge in [0.05, 0.1) is 29.0 Å². The molecule has 4 aromatic rings. The van der Waals surface area contributed by atoms with Crippen LogP contribution in [0.15, 0.2) is 75.9 Å². The molecule has 2 heterocycles. The maximum atomic E-state index is 13.6. The number of aryl methyl sites for hydroxylation is 1. The molecule has 1 amide bonds. The number of nitro benzene ring substituents is 1. The van der Waals surface area contributed by atoms with Crippen LogP contribution in [0.1, 0.15) is 33.3 Å². The lowest BCUT2D eigenvalue weighted by Crippen LogP contribution is -2.29. The van der Waals surface area contributed by atoms with E-state index in [1.807, 2.05) is 13.0 Å². The van der Waals surface area contributed by atoms with Crippen LogP contribution in [0.2, 0.25) is 0 Å². The molecule has 1 aliphatic rings. The minimum absolute atomic E-state index is 0.0319. The second-order valence-corrected chi connectivity index (χ2v) is 7.80. The number of nitro groups is 1. The highest BCUT2D eigenvalue weighted by Gasteiger charge is 2.43. The van der Waals surface area contributed by atoms with Crippen LogP contribution in [-0.4, -0.2) is 17.9 Å². The van der Waals surface area contributed by atoms with Crippen LogP contribution in [0.3, 0.4) is 0 Å². The third kappa shape index (κ3) is 3.23. The van der Waals surface area contributed by atoms with Gasteiger partial charge < -0.3 is 9.15 Å². The van der Waals surface area contributed by atoms with Crippen molar-refractivity contribution in [1.29, 1.82) is 0 Å². The summed E-state index contributed by atoms with van der Waals surface area (Å²) in [6.07, 6.45) is 0. The summed E-state index contributed by atoms with van der Waals surface area (Å²) in [6, 6.07) is 17.1. The summed E-state index contributed by atoms with van der Waals surface area (Å²) < 4.78 is 11.2. The number of hydrogen-bond acceptors (Lipinski definition) is 6. The van der Waals surface area contributed by atoms with Crippen molar-refractivity contribution in [3.63, 3.8) is 0 Å². The lowest BCUT2D eigenvalue weighted by Gasteiger charge is -2.25. The Balaban J connectivity index is 1.76. The summed E-state index contributed by atoms with van der Waals surface area (Å²) in [5.74, 6) is 0.124. The largest absolute Gasteiger partial charge is 0.497 e. The number of non-ortho nitro benzene ring substituents is 1. The van der Waals surface area contributed by atoms with Crippen LogP contribution in [0.5, 0.6) is 5.75 Å². The van der Waals surface area contributed by atoms with Crippen molar-refractivity contribution >= 4 is 28.3 Å². The second kappa shape index (κ2) is 7.59. The summed E-state index contributed by atoms with van der Waals surface area (Å²) in [5, 5.41) is 11.5. The van der Waals surface area contributed by atoms with Gasteiger partial charge in [-0.1, -0.05) is 11.6 Å². The van der Waals surface area contributed by atoms with Gasteiger partial charge in [0, 0.05) is 17.8 Å². The molecule has 0 fully saturated rings. The smallest absolute Gasteiger partial charge is 0.295 e. The number of fused-ring (bicyclic) bond motifs is 2. The second-order valence-electron chi connectivity index (χ2n) is 7.80. The molecule has 1 unspecified atom stereocenters. The fourth-order valence-corrected chi connectivity index (χ4v) is 4.19. The molecule has 0 radical (unpaired) electrons. The number of benzene rings is 3. The highest BCUT2D eigenvalue weighted by molar-refractivity contribution is 6.10. The number of rotatable bonds is 4. The van der Waals surface area contributed by atoms with Gasteiger partial charge in [0.2, 0.25) is 5.76 Å². The fourth-order valence-electron chi connectivity index (χ4n) is 4.19. The molecule has 8 heteroatoms. The van der Waals surface area contributed by atoms with Gasteiger partial charge in [-0.15, -0.1) is 0 Å². The fraction of sp³-hybridized carbons (Fsp3) is 0.120. The molecule has 1 atom stereocenters. The number of amides is 1. The number of hydrogen-bond donors (Lipinski definition) is 0. The maximum absolute atomic E-state index is 13.6. The van der Waals surface area contributed by atoms with Gasteiger partial charge in [-0.2, -0.15) is 0 Å². The Labute approximate surface area is 187 Å². The summed E-state index contributed by atoms with van der Waals surface area (Å²) in [7, 11) is 1.54. The highest BCUT2D eigenvalue weighted by Crippen LogP contribution is 2.41. The number of carbonyl (C=O) groups excluding carboxylic acids is 1. The summed E-state index contributed by atoms with van der Waals surface area (Å²) in [6.45, 7) is 1.87. The Morgan fingerprint density at radius 1 is 1.00 bits per heavy atom. The molecule has 1 aromatic heterocycles. The van der Waals surface area contributed by atoms with E-state index >= 15 is 0 Å². The van der Waals surface area contributed by atoms with E-state index in [-0.39, 0.29) is 22.4 Å². The maximum Gasteiger partial charge on any atom is 0.295 e. The van der Waals surface area contributed by atoms with E-state index in [1.54, 1.807) is 55.6 Å². The van der Waals surface area contributed by atoms with E-state index < -0.39 is 16.9 Å². The molecule has 3 aromatic carbocycles. The molecule has 8 nitrogen and oxygen atoms in total. The third-order valence-corrected chi connectivity index (χ3v) is 5.80. The number of nitrogens with zero attached hydrogens (tertiary/aromatic N) is 2. The van der Waals surface area contributed by atoms with E-state index in [2.05, 4.69) is 0 Å². The zero-order valence-corrected chi connectivity index (χ0v) is 17.8. The third-order valence-electron chi connectivity index (χ3n) is 5.80. The summed E-state index contributed by atoms with van der Waals surface area (Å²) >= 11 is 0. The van der Waals surface area contributed by atoms with Crippen LogP contribution in [-0.2, 0) is 0 Å². The Hall–Kier alpha value is -4.46. The average molecular weight is 442 g/mol. The number of carbonyl (C=O) groups is 1. The van der Waals surface area contributed by atoms with Crippen molar-refractivity contribution in [2.24, 2.45) is 0 Å². The Bertz CT molecular complexity index is 1470. The zero-order valence-electron chi connectivity index (χ0n) is 17.8. The number of methoxy groups -OCH3 is 1. The lowest BCUT2D eigenvalue weighted by atomic mass is 9.97. The summed E-state index contributed by atoms with van der Waals surface area (Å²) in [5.41, 5.74) is 2.14. The van der Waals surface area contributed by atoms with Crippen molar-refractivity contribution in [3.8, 4) is 5.75 Å². The van der Waals surface area contributed by atoms with Crippen molar-refractivity contribution in [2.45, 2.75) is 13.0 Å². The molecule has 0 aliphatic carbocycles. The topological polar surface area (TPSA) is 103 Å². The van der Waals surface area contributed by atoms with Gasteiger partial charge in [0.15, 0.2) is 5.43 Å². The van der Waals surface area contributed by atoms with Crippen molar-refractivity contribution in [2.75, 3.05) is 12.0 Å². The highest BCUT2D eigenvalue weighted by atomic mass is 16.6. The van der Waals surface area contributed by atoms with Gasteiger partial charge in [-0.25, -0.2) is 0 Å². The quantitative estimate of drug-likeness (QED) is 0.333. The van der Waals surface area contributed by atoms with Gasteiger partial charge in [0.25, 0.3) is 11.6 Å². The van der Waals surface area contributed by atoms with E-state index in [4.69, 9.17) is 9.15 Å². The normalized spacial score (nSPS) is 15.0. The zero-order chi connectivity index (χ0) is 23.3. The minimum atomic E-state index is -0.803. The predicted molar refractivity (Wildman–Crippen MR) is 122 cm³/mol. The standard InChI is InChI=1S/C25H18N2O6/c1-14-3-12-20-19(13-14)23(28)21-22(15-4-6-17(7-5-15)27(30)31)26(25(29)24(21)33-20)16-8-10-18(32-2)11-9-16/h3-13,22H,1-2H3. The van der Waals surface area contributed by atoms with Crippen LogP contribution < -0.4 is 15.1 Å². The van der Waals surface area contributed by atoms with E-state index in [0.29, 0.717) is 28.0 Å². The molecule has 0 bridgehead atoms. The van der Waals surface area contributed by atoms with Crippen LogP contribution in [0.4, 0.5) is 11.4 Å². The SMILES string of the molecule is COc1ccc(N2C(=O)c3oc4ccc(C)cc4c(=O)c3C2c2ccc([N+](=O)[O-])cc2)cc1. The summed E-state index contributed by atoms with van der Waals surface area (Å²) in [4.78, 5) is 39.2. The Morgan fingerprint density at radius 2 is 1.70 bits per heavy atom. The van der Waals surface area contributed by atoms with Crippen LogP contribution >= 0.6 is 0 Å². The molecule has 1 aliphatic heterocycles. The van der Waals surface area contributed by atoms with Gasteiger partial charge >= 0.3 is 0 Å². The number of ether oxygens (including phenoxy) is 1. The van der Waals surface area contributed by atoms with Crippen LogP contribution in [0, 0.1) is 17.0 Å². The first kappa shape index (κ1) is 20.4. The molecule has 5 rings (SSSR count). The molecular weight excluding hydrogens is 424 g/mol. The van der Waals surface area contributed by atoms with Crippen molar-refractivity contribution in [3.05, 3.63) is 110 Å². The Morgan fingerprint density at radius 3 is 2.33 bits per heavy atom. The predicted octanol–water partition coefficient (Wildman–Crippen LogP) is 4.77. The molecule has 0 saturated carbocycles. The lowest BCUT2D eigenvalue weighted by molar-refractivity contribution is -0.384. The van der Waals surface area contributed by atoms with Gasteiger partial charge in [-0.05, 0) is 61.0 Å². The molecule has 0 spiro atoms. The molecule has 0 saturated heterocycles. The molecule has 0 N–H and O–H groups in total. The first-order chi connectivity index (χ1) is 15.9. The molecule has 33 heavy (non-hydrogen) atoms. The first-order valence-corrected chi connectivity index (χ1v) is 10.2. The van der Waals surface area contributed by atoms with E-state index in [9.17, 15) is 19.7 Å².